The van der Waals surface area contributed by atoms with Crippen LogP contribution in [0.2, 0.25) is 0 Å². The number of nitrogens with two attached hydrogens (primary N) is 1. The van der Waals surface area contributed by atoms with E-state index in [-0.39, 0.29) is 17.8 Å². The van der Waals surface area contributed by atoms with Crippen molar-refractivity contribution in [3.63, 3.8) is 0 Å². The molecule has 3 heteroatoms. The van der Waals surface area contributed by atoms with Gasteiger partial charge in [-0.2, -0.15) is 0 Å². The molecular weight excluding hydrogens is 233 g/mol. The summed E-state index contributed by atoms with van der Waals surface area (Å²) in [5, 5.41) is 0. The molecule has 0 spiro atoms. The van der Waals surface area contributed by atoms with Crippen LogP contribution in [0.3, 0.4) is 0 Å². The van der Waals surface area contributed by atoms with Gasteiger partial charge in [-0.3, -0.25) is 0 Å². The maximum absolute atomic E-state index is 13.3. The fourth-order valence-electron chi connectivity index (χ4n) is 1.13. The van der Waals surface area contributed by atoms with Crippen molar-refractivity contribution in [2.75, 3.05) is 0 Å². The molecule has 1 rings (SSSR count). The molecular formula is C10H13BrFN. The van der Waals surface area contributed by atoms with Crippen LogP contribution in [0.15, 0.2) is 22.7 Å². The Kier molecular flexibility index (Phi) is 3.45. The summed E-state index contributed by atoms with van der Waals surface area (Å²) < 4.78 is 14.1. The molecule has 0 unspecified atom stereocenters. The number of benzene rings is 1. The van der Waals surface area contributed by atoms with Crippen molar-refractivity contribution in [2.45, 2.75) is 19.9 Å². The van der Waals surface area contributed by atoms with Crippen molar-refractivity contribution in [2.24, 2.45) is 11.7 Å². The molecule has 0 amide bonds. The lowest BCUT2D eigenvalue weighted by atomic mass is 9.97. The minimum Gasteiger partial charge on any atom is -0.324 e. The van der Waals surface area contributed by atoms with Crippen molar-refractivity contribution in [3.8, 4) is 0 Å². The van der Waals surface area contributed by atoms with Gasteiger partial charge in [0.15, 0.2) is 0 Å². The van der Waals surface area contributed by atoms with E-state index in [0.717, 1.165) is 4.47 Å². The molecule has 0 saturated heterocycles. The van der Waals surface area contributed by atoms with Crippen molar-refractivity contribution in [3.05, 3.63) is 34.1 Å². The van der Waals surface area contributed by atoms with Gasteiger partial charge in [0.1, 0.15) is 5.82 Å². The van der Waals surface area contributed by atoms with Gasteiger partial charge < -0.3 is 5.73 Å². The Balaban J connectivity index is 3.05. The van der Waals surface area contributed by atoms with Crippen LogP contribution in [0.5, 0.6) is 0 Å². The summed E-state index contributed by atoms with van der Waals surface area (Å²) in [6.07, 6.45) is 0. The topological polar surface area (TPSA) is 26.0 Å². The fourth-order valence-corrected chi connectivity index (χ4v) is 1.51. The minimum atomic E-state index is -0.238. The molecule has 0 fully saturated rings. The first kappa shape index (κ1) is 10.7. The summed E-state index contributed by atoms with van der Waals surface area (Å²) in [6, 6.07) is 4.60. The smallest absolute Gasteiger partial charge is 0.128 e. The van der Waals surface area contributed by atoms with E-state index in [0.29, 0.717) is 5.56 Å². The maximum atomic E-state index is 13.3. The maximum Gasteiger partial charge on any atom is 0.128 e. The van der Waals surface area contributed by atoms with Gasteiger partial charge in [0.2, 0.25) is 0 Å². The Hall–Kier alpha value is -0.410. The third-order valence-electron chi connectivity index (χ3n) is 2.04. The SMILES string of the molecule is CC(C)[C@@H](N)c1cc(Br)ccc1F. The summed E-state index contributed by atoms with van der Waals surface area (Å²) >= 11 is 3.29. The van der Waals surface area contributed by atoms with E-state index in [1.54, 1.807) is 12.1 Å². The number of hydrogen-bond acceptors (Lipinski definition) is 1. The monoisotopic (exact) mass is 245 g/mol. The van der Waals surface area contributed by atoms with Crippen LogP contribution in [0.1, 0.15) is 25.5 Å². The predicted molar refractivity (Wildman–Crippen MR) is 55.9 cm³/mol. The van der Waals surface area contributed by atoms with E-state index in [1.807, 2.05) is 13.8 Å². The van der Waals surface area contributed by atoms with Crippen molar-refractivity contribution < 1.29 is 4.39 Å². The zero-order valence-corrected chi connectivity index (χ0v) is 9.31. The quantitative estimate of drug-likeness (QED) is 0.851. The predicted octanol–water partition coefficient (Wildman–Crippen LogP) is 3.24. The van der Waals surface area contributed by atoms with E-state index < -0.39 is 0 Å². The van der Waals surface area contributed by atoms with Crippen molar-refractivity contribution >= 4 is 15.9 Å². The highest BCUT2D eigenvalue weighted by Crippen LogP contribution is 2.24. The third kappa shape index (κ3) is 2.51. The van der Waals surface area contributed by atoms with Crippen LogP contribution >= 0.6 is 15.9 Å². The molecule has 0 heterocycles. The van der Waals surface area contributed by atoms with Crippen LogP contribution in [-0.4, -0.2) is 0 Å². The molecule has 2 N–H and O–H groups in total. The minimum absolute atomic E-state index is 0.232. The largest absolute Gasteiger partial charge is 0.324 e. The van der Waals surface area contributed by atoms with E-state index in [9.17, 15) is 4.39 Å². The van der Waals surface area contributed by atoms with Crippen LogP contribution in [-0.2, 0) is 0 Å². The standard InChI is InChI=1S/C10H13BrFN/c1-6(2)10(13)8-5-7(11)3-4-9(8)12/h3-6,10H,13H2,1-2H3/t10-/m1/s1. The first-order chi connectivity index (χ1) is 6.02. The first-order valence-electron chi connectivity index (χ1n) is 4.23. The molecule has 0 aliphatic heterocycles. The normalized spacial score (nSPS) is 13.4. The highest BCUT2D eigenvalue weighted by Gasteiger charge is 2.14. The third-order valence-corrected chi connectivity index (χ3v) is 2.53. The molecule has 1 aromatic carbocycles. The molecule has 0 saturated carbocycles. The Morgan fingerprint density at radius 2 is 2.00 bits per heavy atom. The number of rotatable bonds is 2. The lowest BCUT2D eigenvalue weighted by Crippen LogP contribution is -2.18. The molecule has 72 valence electrons. The Morgan fingerprint density at radius 1 is 1.38 bits per heavy atom. The second kappa shape index (κ2) is 4.20. The summed E-state index contributed by atoms with van der Waals surface area (Å²) in [5.74, 6) is 0.00759. The van der Waals surface area contributed by atoms with Crippen molar-refractivity contribution in [1.82, 2.24) is 0 Å². The molecule has 0 bridgehead atoms. The van der Waals surface area contributed by atoms with Crippen LogP contribution in [0, 0.1) is 11.7 Å². The number of hydrogen-bond donors (Lipinski definition) is 1. The first-order valence-corrected chi connectivity index (χ1v) is 5.02. The average molecular weight is 246 g/mol. The van der Waals surface area contributed by atoms with Gasteiger partial charge in [0, 0.05) is 16.1 Å². The van der Waals surface area contributed by atoms with E-state index in [4.69, 9.17) is 5.73 Å². The molecule has 1 atom stereocenters. The lowest BCUT2D eigenvalue weighted by molar-refractivity contribution is 0.484. The summed E-state index contributed by atoms with van der Waals surface area (Å²) in [7, 11) is 0. The van der Waals surface area contributed by atoms with Gasteiger partial charge >= 0.3 is 0 Å². The summed E-state index contributed by atoms with van der Waals surface area (Å²) in [6.45, 7) is 3.95. The molecule has 0 aromatic heterocycles. The lowest BCUT2D eigenvalue weighted by Gasteiger charge is -2.16. The zero-order valence-electron chi connectivity index (χ0n) is 7.72. The van der Waals surface area contributed by atoms with Gasteiger partial charge in [-0.1, -0.05) is 29.8 Å². The fraction of sp³-hybridized carbons (Fsp3) is 0.400. The van der Waals surface area contributed by atoms with E-state index in [2.05, 4.69) is 15.9 Å². The molecule has 0 aliphatic carbocycles. The second-order valence-corrected chi connectivity index (χ2v) is 4.35. The summed E-state index contributed by atoms with van der Waals surface area (Å²) in [5.41, 5.74) is 6.42. The van der Waals surface area contributed by atoms with Gasteiger partial charge in [-0.15, -0.1) is 0 Å². The molecule has 13 heavy (non-hydrogen) atoms. The molecule has 1 nitrogen and oxygen atoms in total. The highest BCUT2D eigenvalue weighted by atomic mass is 79.9. The van der Waals surface area contributed by atoms with Gasteiger partial charge in [0.25, 0.3) is 0 Å². The summed E-state index contributed by atoms with van der Waals surface area (Å²) in [4.78, 5) is 0. The van der Waals surface area contributed by atoms with Crippen molar-refractivity contribution in [1.29, 1.82) is 0 Å². The zero-order chi connectivity index (χ0) is 10.0. The van der Waals surface area contributed by atoms with Gasteiger partial charge in [-0.25, -0.2) is 4.39 Å². The van der Waals surface area contributed by atoms with E-state index >= 15 is 0 Å². The Labute approximate surface area is 86.3 Å². The Bertz CT molecular complexity index is 299. The second-order valence-electron chi connectivity index (χ2n) is 3.44. The van der Waals surface area contributed by atoms with Crippen LogP contribution in [0.4, 0.5) is 4.39 Å². The van der Waals surface area contributed by atoms with Gasteiger partial charge in [-0.05, 0) is 24.1 Å². The van der Waals surface area contributed by atoms with Crippen LogP contribution < -0.4 is 5.73 Å². The highest BCUT2D eigenvalue weighted by molar-refractivity contribution is 9.10. The molecule has 0 aliphatic rings. The molecule has 1 aromatic rings. The number of halogens is 2. The molecule has 0 radical (unpaired) electrons. The van der Waals surface area contributed by atoms with Gasteiger partial charge in [0.05, 0.1) is 0 Å². The Morgan fingerprint density at radius 3 is 2.54 bits per heavy atom. The average Bonchev–Trinajstić information content (AvgIpc) is 2.08. The van der Waals surface area contributed by atoms with Crippen LogP contribution in [0.25, 0.3) is 0 Å². The van der Waals surface area contributed by atoms with E-state index in [1.165, 1.54) is 6.07 Å².